The van der Waals surface area contributed by atoms with Gasteiger partial charge in [0.25, 0.3) is 5.91 Å². The summed E-state index contributed by atoms with van der Waals surface area (Å²) < 4.78 is 0. The lowest BCUT2D eigenvalue weighted by atomic mass is 10.1. The van der Waals surface area contributed by atoms with Gasteiger partial charge in [-0.25, -0.2) is 4.98 Å². The number of amides is 1. The van der Waals surface area contributed by atoms with Crippen molar-refractivity contribution >= 4 is 23.2 Å². The smallest absolute Gasteiger partial charge is 0.303 e. The average Bonchev–Trinajstić information content (AvgIpc) is 3.03. The standard InChI is InChI=1S/C18H22N2O3S/c1-13-8-5-6-9-14(13)18-20-15(12-24-18)17(23)19-11-7-3-2-4-10-16(21)22/h5-6,8-9,12H,2-4,7,10-11H2,1H3,(H,19,23)(H,21,22). The van der Waals surface area contributed by atoms with Gasteiger partial charge in [-0.05, 0) is 25.3 Å². The van der Waals surface area contributed by atoms with E-state index in [1.54, 1.807) is 5.38 Å². The predicted octanol–water partition coefficient (Wildman–Crippen LogP) is 3.88. The average molecular weight is 346 g/mol. The molecule has 1 amide bonds. The lowest BCUT2D eigenvalue weighted by Gasteiger charge is -2.03. The number of aromatic nitrogens is 1. The summed E-state index contributed by atoms with van der Waals surface area (Å²) in [7, 11) is 0. The molecule has 128 valence electrons. The van der Waals surface area contributed by atoms with Crippen LogP contribution in [0.2, 0.25) is 0 Å². The number of nitrogens with one attached hydrogen (secondary N) is 1. The van der Waals surface area contributed by atoms with Gasteiger partial charge in [-0.15, -0.1) is 11.3 Å². The largest absolute Gasteiger partial charge is 0.481 e. The first kappa shape index (κ1) is 18.1. The van der Waals surface area contributed by atoms with Gasteiger partial charge >= 0.3 is 5.97 Å². The second-order valence-electron chi connectivity index (χ2n) is 5.67. The van der Waals surface area contributed by atoms with Crippen LogP contribution in [-0.2, 0) is 4.79 Å². The molecule has 5 nitrogen and oxygen atoms in total. The van der Waals surface area contributed by atoms with Crippen LogP contribution in [0.15, 0.2) is 29.6 Å². The Bertz CT molecular complexity index is 697. The van der Waals surface area contributed by atoms with Crippen LogP contribution in [0.5, 0.6) is 0 Å². The first-order valence-electron chi connectivity index (χ1n) is 8.09. The molecule has 6 heteroatoms. The number of rotatable bonds is 9. The van der Waals surface area contributed by atoms with E-state index in [4.69, 9.17) is 5.11 Å². The van der Waals surface area contributed by atoms with Crippen molar-refractivity contribution < 1.29 is 14.7 Å². The molecule has 24 heavy (non-hydrogen) atoms. The summed E-state index contributed by atoms with van der Waals surface area (Å²) in [5, 5.41) is 14.1. The molecule has 2 aromatic rings. The van der Waals surface area contributed by atoms with E-state index in [1.165, 1.54) is 11.3 Å². The number of carboxylic acid groups (broad SMARTS) is 1. The fourth-order valence-corrected chi connectivity index (χ4v) is 3.25. The van der Waals surface area contributed by atoms with Crippen LogP contribution in [0.25, 0.3) is 10.6 Å². The van der Waals surface area contributed by atoms with E-state index in [1.807, 2.05) is 31.2 Å². The number of hydrogen-bond acceptors (Lipinski definition) is 4. The molecular formula is C18H22N2O3S. The van der Waals surface area contributed by atoms with E-state index in [9.17, 15) is 9.59 Å². The summed E-state index contributed by atoms with van der Waals surface area (Å²) in [6.07, 6.45) is 3.54. The summed E-state index contributed by atoms with van der Waals surface area (Å²) in [5.74, 6) is -0.909. The van der Waals surface area contributed by atoms with Crippen molar-refractivity contribution in [3.63, 3.8) is 0 Å². The fraction of sp³-hybridized carbons (Fsp3) is 0.389. The van der Waals surface area contributed by atoms with E-state index in [0.717, 1.165) is 35.4 Å². The van der Waals surface area contributed by atoms with Gasteiger partial charge in [0.2, 0.25) is 0 Å². The Labute approximate surface area is 145 Å². The highest BCUT2D eigenvalue weighted by atomic mass is 32.1. The van der Waals surface area contributed by atoms with E-state index in [0.29, 0.717) is 18.7 Å². The molecule has 0 saturated heterocycles. The molecule has 1 aromatic heterocycles. The Morgan fingerprint density at radius 2 is 1.92 bits per heavy atom. The number of aryl methyl sites for hydroxylation is 1. The number of unbranched alkanes of at least 4 members (excludes halogenated alkanes) is 3. The number of aliphatic carboxylic acids is 1. The van der Waals surface area contributed by atoms with Crippen molar-refractivity contribution in [2.45, 2.75) is 39.0 Å². The van der Waals surface area contributed by atoms with Crippen molar-refractivity contribution in [2.24, 2.45) is 0 Å². The number of nitrogens with zero attached hydrogens (tertiary/aromatic N) is 1. The normalized spacial score (nSPS) is 10.5. The van der Waals surface area contributed by atoms with Crippen LogP contribution in [-0.4, -0.2) is 28.5 Å². The third-order valence-corrected chi connectivity index (χ3v) is 4.59. The monoisotopic (exact) mass is 346 g/mol. The van der Waals surface area contributed by atoms with Crippen LogP contribution >= 0.6 is 11.3 Å². The second kappa shape index (κ2) is 9.17. The zero-order valence-corrected chi connectivity index (χ0v) is 14.6. The van der Waals surface area contributed by atoms with Gasteiger partial charge in [-0.1, -0.05) is 37.1 Å². The van der Waals surface area contributed by atoms with Gasteiger partial charge < -0.3 is 10.4 Å². The SMILES string of the molecule is Cc1ccccc1-c1nc(C(=O)NCCCCCCC(=O)O)cs1. The Morgan fingerprint density at radius 3 is 2.67 bits per heavy atom. The van der Waals surface area contributed by atoms with Gasteiger partial charge in [0.1, 0.15) is 10.7 Å². The minimum atomic E-state index is -0.753. The zero-order chi connectivity index (χ0) is 17.4. The van der Waals surface area contributed by atoms with Gasteiger partial charge in [0.15, 0.2) is 0 Å². The second-order valence-corrected chi connectivity index (χ2v) is 6.52. The molecule has 2 rings (SSSR count). The maximum atomic E-state index is 12.1. The lowest BCUT2D eigenvalue weighted by Crippen LogP contribution is -2.24. The van der Waals surface area contributed by atoms with Crippen molar-refractivity contribution in [1.82, 2.24) is 10.3 Å². The maximum Gasteiger partial charge on any atom is 0.303 e. The molecule has 0 bridgehead atoms. The first-order chi connectivity index (χ1) is 11.6. The number of benzene rings is 1. The molecule has 0 radical (unpaired) electrons. The zero-order valence-electron chi connectivity index (χ0n) is 13.7. The molecule has 2 N–H and O–H groups in total. The molecule has 0 aliphatic heterocycles. The Hall–Kier alpha value is -2.21. The number of hydrogen-bond donors (Lipinski definition) is 2. The van der Waals surface area contributed by atoms with Gasteiger partial charge in [0, 0.05) is 23.9 Å². The van der Waals surface area contributed by atoms with Crippen LogP contribution in [0.1, 0.15) is 48.2 Å². The third-order valence-electron chi connectivity index (χ3n) is 3.72. The molecule has 1 heterocycles. The molecule has 0 atom stereocenters. The summed E-state index contributed by atoms with van der Waals surface area (Å²) >= 11 is 1.47. The Morgan fingerprint density at radius 1 is 1.17 bits per heavy atom. The lowest BCUT2D eigenvalue weighted by molar-refractivity contribution is -0.137. The van der Waals surface area contributed by atoms with E-state index in [2.05, 4.69) is 10.3 Å². The molecule has 0 aliphatic rings. The van der Waals surface area contributed by atoms with Crippen LogP contribution < -0.4 is 5.32 Å². The van der Waals surface area contributed by atoms with Gasteiger partial charge in [-0.3, -0.25) is 9.59 Å². The van der Waals surface area contributed by atoms with E-state index in [-0.39, 0.29) is 12.3 Å². The van der Waals surface area contributed by atoms with Crippen LogP contribution in [0, 0.1) is 6.92 Å². The molecule has 0 saturated carbocycles. The van der Waals surface area contributed by atoms with Crippen molar-refractivity contribution in [1.29, 1.82) is 0 Å². The highest BCUT2D eigenvalue weighted by molar-refractivity contribution is 7.13. The van der Waals surface area contributed by atoms with Crippen molar-refractivity contribution in [3.8, 4) is 10.6 Å². The molecule has 1 aromatic carbocycles. The van der Waals surface area contributed by atoms with E-state index >= 15 is 0 Å². The first-order valence-corrected chi connectivity index (χ1v) is 8.97. The van der Waals surface area contributed by atoms with Crippen LogP contribution in [0.4, 0.5) is 0 Å². The quantitative estimate of drug-likeness (QED) is 0.675. The Kier molecular flexibility index (Phi) is 6.93. The van der Waals surface area contributed by atoms with E-state index < -0.39 is 5.97 Å². The summed E-state index contributed by atoms with van der Waals surface area (Å²) in [5.41, 5.74) is 2.64. The number of carbonyl (C=O) groups excluding carboxylic acids is 1. The molecule has 0 unspecified atom stereocenters. The third kappa shape index (κ3) is 5.45. The Balaban J connectivity index is 1.76. The number of thiazole rings is 1. The highest BCUT2D eigenvalue weighted by Gasteiger charge is 2.12. The molecule has 0 aliphatic carbocycles. The number of carbonyl (C=O) groups is 2. The van der Waals surface area contributed by atoms with Crippen molar-refractivity contribution in [3.05, 3.63) is 40.9 Å². The highest BCUT2D eigenvalue weighted by Crippen LogP contribution is 2.26. The maximum absolute atomic E-state index is 12.1. The molecular weight excluding hydrogens is 324 g/mol. The van der Waals surface area contributed by atoms with Gasteiger partial charge in [-0.2, -0.15) is 0 Å². The number of carboxylic acids is 1. The minimum absolute atomic E-state index is 0.156. The molecule has 0 spiro atoms. The minimum Gasteiger partial charge on any atom is -0.481 e. The van der Waals surface area contributed by atoms with Crippen LogP contribution in [0.3, 0.4) is 0 Å². The summed E-state index contributed by atoms with van der Waals surface area (Å²) in [6.45, 7) is 2.62. The topological polar surface area (TPSA) is 79.3 Å². The van der Waals surface area contributed by atoms with Gasteiger partial charge in [0.05, 0.1) is 0 Å². The molecule has 0 fully saturated rings. The summed E-state index contributed by atoms with van der Waals surface area (Å²) in [4.78, 5) is 26.9. The predicted molar refractivity (Wildman–Crippen MR) is 95.3 cm³/mol. The fourth-order valence-electron chi connectivity index (χ4n) is 2.36. The summed E-state index contributed by atoms with van der Waals surface area (Å²) in [6, 6.07) is 7.98. The van der Waals surface area contributed by atoms with Crippen molar-refractivity contribution in [2.75, 3.05) is 6.54 Å².